The van der Waals surface area contributed by atoms with Crippen LogP contribution in [-0.2, 0) is 4.79 Å². The Morgan fingerprint density at radius 1 is 1.55 bits per heavy atom. The quantitative estimate of drug-likeness (QED) is 0.669. The summed E-state index contributed by atoms with van der Waals surface area (Å²) in [5, 5.41) is 2.62. The molecule has 0 rings (SSSR count). The van der Waals surface area contributed by atoms with Gasteiger partial charge in [0.1, 0.15) is 0 Å². The maximum atomic E-state index is 10.9. The largest absolute Gasteiger partial charge is 0.359 e. The van der Waals surface area contributed by atoms with Crippen LogP contribution in [0.5, 0.6) is 0 Å². The van der Waals surface area contributed by atoms with Gasteiger partial charge < -0.3 is 5.32 Å². The molecule has 0 heterocycles. The lowest BCUT2D eigenvalue weighted by molar-refractivity contribution is -0.121. The summed E-state index contributed by atoms with van der Waals surface area (Å²) >= 11 is 0. The molecule has 2 heteroatoms. The maximum absolute atomic E-state index is 10.9. The topological polar surface area (TPSA) is 29.1 Å². The van der Waals surface area contributed by atoms with Crippen LogP contribution in [-0.4, -0.2) is 13.0 Å². The Kier molecular flexibility index (Phi) is 4.16. The van der Waals surface area contributed by atoms with Crippen molar-refractivity contribution in [2.24, 2.45) is 5.41 Å². The van der Waals surface area contributed by atoms with E-state index in [1.54, 1.807) is 7.05 Å². The van der Waals surface area contributed by atoms with Gasteiger partial charge in [-0.25, -0.2) is 0 Å². The van der Waals surface area contributed by atoms with E-state index < -0.39 is 0 Å². The van der Waals surface area contributed by atoms with Crippen LogP contribution in [0.2, 0.25) is 0 Å². The van der Waals surface area contributed by atoms with Gasteiger partial charge in [-0.05, 0) is 11.8 Å². The number of nitrogens with one attached hydrogen (secondary N) is 1. The zero-order chi connectivity index (χ0) is 8.91. The highest BCUT2D eigenvalue weighted by Gasteiger charge is 2.15. The highest BCUT2D eigenvalue weighted by molar-refractivity contribution is 5.75. The first-order valence-electron chi connectivity index (χ1n) is 4.22. The van der Waals surface area contributed by atoms with Gasteiger partial charge in [-0.15, -0.1) is 0 Å². The predicted molar refractivity (Wildman–Crippen MR) is 49.5 cm³/mol. The molecule has 0 saturated carbocycles. The van der Waals surface area contributed by atoms with E-state index in [4.69, 9.17) is 0 Å². The van der Waals surface area contributed by atoms with Crippen molar-refractivity contribution < 1.29 is 6.22 Å². The Bertz CT molecular complexity index is 134. The lowest BCUT2D eigenvalue weighted by Crippen LogP contribution is -2.20. The lowest BCUT2D eigenvalue weighted by Gasteiger charge is -2.21. The summed E-state index contributed by atoms with van der Waals surface area (Å²) in [6.45, 7) is 6.54. The average molecular weight is 159 g/mol. The molecule has 0 spiro atoms. The molecule has 0 aromatic rings. The second kappa shape index (κ2) is 4.37. The molecule has 11 heavy (non-hydrogen) atoms. The monoisotopic (exact) mass is 159 g/mol. The minimum absolute atomic E-state index is 0. The van der Waals surface area contributed by atoms with E-state index in [1.165, 1.54) is 0 Å². The van der Waals surface area contributed by atoms with Crippen molar-refractivity contribution in [1.82, 2.24) is 5.32 Å². The van der Waals surface area contributed by atoms with E-state index in [0.717, 1.165) is 12.8 Å². The molecule has 0 unspecified atom stereocenters. The van der Waals surface area contributed by atoms with Crippen LogP contribution >= 0.6 is 0 Å². The summed E-state index contributed by atoms with van der Waals surface area (Å²) in [6, 6.07) is 0. The van der Waals surface area contributed by atoms with Crippen molar-refractivity contribution in [2.45, 2.75) is 40.0 Å². The van der Waals surface area contributed by atoms with Crippen molar-refractivity contribution in [3.63, 3.8) is 0 Å². The van der Waals surface area contributed by atoms with E-state index in [9.17, 15) is 4.79 Å². The Balaban J connectivity index is 0. The van der Waals surface area contributed by atoms with Gasteiger partial charge >= 0.3 is 0 Å². The van der Waals surface area contributed by atoms with Crippen molar-refractivity contribution in [3.05, 3.63) is 0 Å². The van der Waals surface area contributed by atoms with Crippen LogP contribution in [0.1, 0.15) is 41.5 Å². The number of rotatable bonds is 4. The van der Waals surface area contributed by atoms with Gasteiger partial charge in [0.05, 0.1) is 0 Å². The first kappa shape index (κ1) is 10.5. The molecule has 0 fully saturated rings. The maximum Gasteiger partial charge on any atom is 0.219 e. The third kappa shape index (κ3) is 4.82. The second-order valence-corrected chi connectivity index (χ2v) is 3.69. The van der Waals surface area contributed by atoms with Gasteiger partial charge in [-0.1, -0.05) is 27.2 Å². The van der Waals surface area contributed by atoms with Crippen LogP contribution in [0, 0.1) is 5.41 Å². The van der Waals surface area contributed by atoms with Crippen molar-refractivity contribution in [2.75, 3.05) is 7.05 Å². The van der Waals surface area contributed by atoms with Gasteiger partial charge in [0.2, 0.25) is 5.91 Å². The number of hydrogen-bond acceptors (Lipinski definition) is 1. The van der Waals surface area contributed by atoms with Crippen LogP contribution in [0.15, 0.2) is 0 Å². The minimum atomic E-state index is 0. The average Bonchev–Trinajstić information content (AvgIpc) is 2.00. The van der Waals surface area contributed by atoms with Crippen molar-refractivity contribution >= 4 is 5.91 Å². The van der Waals surface area contributed by atoms with Crippen molar-refractivity contribution in [3.8, 4) is 0 Å². The van der Waals surface area contributed by atoms with Crippen LogP contribution in [0.3, 0.4) is 0 Å². The number of hydrogen-bond donors (Lipinski definition) is 1. The Hall–Kier alpha value is -0.530. The fraction of sp³-hybridized carbons (Fsp3) is 0.889. The van der Waals surface area contributed by atoms with Crippen LogP contribution in [0.25, 0.3) is 0 Å². The van der Waals surface area contributed by atoms with E-state index in [2.05, 4.69) is 26.1 Å². The third-order valence-electron chi connectivity index (χ3n) is 2.26. The Labute approximate surface area is 70.9 Å². The smallest absolute Gasteiger partial charge is 0.219 e. The second-order valence-electron chi connectivity index (χ2n) is 3.69. The van der Waals surface area contributed by atoms with Crippen LogP contribution < -0.4 is 5.32 Å². The highest BCUT2D eigenvalue weighted by atomic mass is 16.1. The minimum Gasteiger partial charge on any atom is -0.359 e. The predicted octanol–water partition coefficient (Wildman–Crippen LogP) is 2.19. The first-order chi connectivity index (χ1) is 5.02. The van der Waals surface area contributed by atoms with E-state index >= 15 is 0 Å². The number of carbonyl (C=O) groups is 1. The molecule has 0 aromatic carbocycles. The summed E-state index contributed by atoms with van der Waals surface area (Å²) in [7, 11) is 1.68. The molecule has 0 aliphatic heterocycles. The fourth-order valence-electron chi connectivity index (χ4n) is 0.754. The molecule has 0 bridgehead atoms. The highest BCUT2D eigenvalue weighted by Crippen LogP contribution is 2.25. The van der Waals surface area contributed by atoms with Gasteiger partial charge in [0.25, 0.3) is 0 Å². The zero-order valence-electron chi connectivity index (χ0n) is 8.03. The summed E-state index contributed by atoms with van der Waals surface area (Å²) in [4.78, 5) is 10.9. The molecule has 0 aromatic heterocycles. The molecule has 0 aliphatic rings. The molecule has 68 valence electrons. The van der Waals surface area contributed by atoms with Gasteiger partial charge in [0.15, 0.2) is 0 Å². The third-order valence-corrected chi connectivity index (χ3v) is 2.26. The molecular weight excluding hydrogens is 138 g/mol. The summed E-state index contributed by atoms with van der Waals surface area (Å²) in [5.74, 6) is 0.145. The molecule has 0 radical (unpaired) electrons. The van der Waals surface area contributed by atoms with Gasteiger partial charge in [-0.3, -0.25) is 4.79 Å². The molecule has 0 saturated heterocycles. The number of carbonyl (C=O) groups excluding carboxylic acids is 1. The van der Waals surface area contributed by atoms with E-state index in [0.29, 0.717) is 11.8 Å². The molecule has 0 atom stereocenters. The summed E-state index contributed by atoms with van der Waals surface area (Å²) in [6.07, 6.45) is 2.75. The molecular formula is C9H21NO. The molecule has 1 amide bonds. The van der Waals surface area contributed by atoms with E-state index in [-0.39, 0.29) is 7.33 Å². The Morgan fingerprint density at radius 2 is 2.09 bits per heavy atom. The summed E-state index contributed by atoms with van der Waals surface area (Å²) < 4.78 is 0. The van der Waals surface area contributed by atoms with Gasteiger partial charge in [0, 0.05) is 14.9 Å². The molecule has 0 aliphatic carbocycles. The number of amides is 1. The van der Waals surface area contributed by atoms with Crippen LogP contribution in [0.4, 0.5) is 0 Å². The molecule has 1 N–H and O–H groups in total. The lowest BCUT2D eigenvalue weighted by atomic mass is 9.85. The Morgan fingerprint density at radius 3 is 2.45 bits per heavy atom. The van der Waals surface area contributed by atoms with Gasteiger partial charge in [-0.2, -0.15) is 0 Å². The van der Waals surface area contributed by atoms with Crippen molar-refractivity contribution in [1.29, 1.82) is 0 Å². The van der Waals surface area contributed by atoms with E-state index in [1.807, 2.05) is 0 Å². The fourth-order valence-corrected chi connectivity index (χ4v) is 0.754. The molecule has 2 nitrogen and oxygen atoms in total. The first-order valence-corrected chi connectivity index (χ1v) is 4.22. The SMILES string of the molecule is CCC(C)(C)CCC(=O)NC.[HH]. The summed E-state index contributed by atoms with van der Waals surface area (Å²) in [5.41, 5.74) is 0.312. The standard InChI is InChI=1S/C9H19NO.H2/c1-5-9(2,3)7-6-8(11)10-4;/h5-7H2,1-4H3,(H,10,11);1H. The normalized spacial score (nSPS) is 11.3. The zero-order valence-corrected chi connectivity index (χ0v) is 8.03.